The summed E-state index contributed by atoms with van der Waals surface area (Å²) in [5.74, 6) is 0.709. The van der Waals surface area contributed by atoms with Crippen LogP contribution in [0.1, 0.15) is 36.6 Å². The molecule has 4 aromatic rings. The van der Waals surface area contributed by atoms with Gasteiger partial charge in [-0.25, -0.2) is 9.79 Å². The second kappa shape index (κ2) is 11.9. The Labute approximate surface area is 240 Å². The number of ether oxygens (including phenoxy) is 3. The van der Waals surface area contributed by atoms with Crippen LogP contribution in [0, 0.1) is 0 Å². The van der Waals surface area contributed by atoms with Crippen LogP contribution < -0.4 is 24.4 Å². The second-order valence-electron chi connectivity index (χ2n) is 8.83. The summed E-state index contributed by atoms with van der Waals surface area (Å²) >= 11 is 7.65. The van der Waals surface area contributed by atoms with E-state index >= 15 is 0 Å². The average molecular weight is 575 g/mol. The van der Waals surface area contributed by atoms with Gasteiger partial charge in [0.15, 0.2) is 4.80 Å². The summed E-state index contributed by atoms with van der Waals surface area (Å²) in [4.78, 5) is 32.8. The molecule has 0 spiro atoms. The van der Waals surface area contributed by atoms with Gasteiger partial charge in [0.2, 0.25) is 0 Å². The maximum absolute atomic E-state index is 14.0. The normalized spacial score (nSPS) is 14.9. The Morgan fingerprint density at radius 1 is 1.05 bits per heavy atom. The van der Waals surface area contributed by atoms with Crippen molar-refractivity contribution in [2.45, 2.75) is 19.9 Å². The Morgan fingerprint density at radius 2 is 1.80 bits per heavy atom. The second-order valence-corrected chi connectivity index (χ2v) is 10.2. The molecule has 5 rings (SSSR count). The molecule has 0 bridgehead atoms. The number of carbonyl (C=O) groups is 1. The molecule has 9 heteroatoms. The number of thiazole rings is 1. The van der Waals surface area contributed by atoms with Gasteiger partial charge in [0.05, 0.1) is 47.2 Å². The number of aromatic nitrogens is 1. The molecule has 0 N–H and O–H groups in total. The molecule has 0 amide bonds. The molecule has 0 fully saturated rings. The van der Waals surface area contributed by atoms with Crippen molar-refractivity contribution in [2.75, 3.05) is 20.3 Å². The molecule has 2 heterocycles. The first-order valence-electron chi connectivity index (χ1n) is 12.8. The maximum atomic E-state index is 14.0. The van der Waals surface area contributed by atoms with Crippen LogP contribution in [0.3, 0.4) is 0 Å². The molecule has 1 atom stereocenters. The van der Waals surface area contributed by atoms with E-state index in [9.17, 15) is 9.59 Å². The molecule has 40 heavy (non-hydrogen) atoms. The predicted molar refractivity (Wildman–Crippen MR) is 157 cm³/mol. The summed E-state index contributed by atoms with van der Waals surface area (Å²) < 4.78 is 18.4. The zero-order chi connectivity index (χ0) is 28.2. The first-order chi connectivity index (χ1) is 19.4. The van der Waals surface area contributed by atoms with Crippen molar-refractivity contribution in [1.82, 2.24) is 4.57 Å². The van der Waals surface area contributed by atoms with E-state index < -0.39 is 12.0 Å². The fraction of sp³-hybridized carbons (Fsp3) is 0.194. The fourth-order valence-corrected chi connectivity index (χ4v) is 5.82. The zero-order valence-electron chi connectivity index (χ0n) is 22.2. The number of carbonyl (C=O) groups excluding carboxylic acids is 1. The SMILES string of the molecule is CCOC(=O)C1=C(c2ccccc2)N=c2s/c(=C\c3ccc(OCC)c(Cl)c3)c(=O)n2[C@H]1c1ccc(OC)cc1. The summed E-state index contributed by atoms with van der Waals surface area (Å²) in [5.41, 5.74) is 2.71. The van der Waals surface area contributed by atoms with Crippen molar-refractivity contribution in [3.63, 3.8) is 0 Å². The predicted octanol–water partition coefficient (Wildman–Crippen LogP) is 5.00. The number of nitrogens with zero attached hydrogens (tertiary/aromatic N) is 2. The van der Waals surface area contributed by atoms with Gasteiger partial charge in [-0.05, 0) is 55.3 Å². The quantitative estimate of drug-likeness (QED) is 0.277. The van der Waals surface area contributed by atoms with Crippen molar-refractivity contribution in [3.8, 4) is 11.5 Å². The topological polar surface area (TPSA) is 79.1 Å². The molecule has 1 aliphatic heterocycles. The van der Waals surface area contributed by atoms with Gasteiger partial charge >= 0.3 is 5.97 Å². The van der Waals surface area contributed by atoms with Gasteiger partial charge in [-0.15, -0.1) is 0 Å². The van der Waals surface area contributed by atoms with Gasteiger partial charge in [-0.1, -0.05) is 71.5 Å². The lowest BCUT2D eigenvalue weighted by Gasteiger charge is -2.26. The van der Waals surface area contributed by atoms with Crippen LogP contribution in [0.15, 0.2) is 88.2 Å². The zero-order valence-corrected chi connectivity index (χ0v) is 23.8. The first-order valence-corrected chi connectivity index (χ1v) is 14.0. The van der Waals surface area contributed by atoms with E-state index in [0.717, 1.165) is 16.7 Å². The molecule has 0 saturated carbocycles. The van der Waals surface area contributed by atoms with Gasteiger partial charge in [0, 0.05) is 5.56 Å². The van der Waals surface area contributed by atoms with Crippen molar-refractivity contribution in [2.24, 2.45) is 4.99 Å². The molecule has 0 saturated heterocycles. The number of rotatable bonds is 8. The van der Waals surface area contributed by atoms with Crippen LogP contribution >= 0.6 is 22.9 Å². The van der Waals surface area contributed by atoms with Crippen molar-refractivity contribution in [3.05, 3.63) is 120 Å². The Hall–Kier alpha value is -4.14. The fourth-order valence-electron chi connectivity index (χ4n) is 4.57. The third-order valence-corrected chi connectivity index (χ3v) is 7.64. The lowest BCUT2D eigenvalue weighted by molar-refractivity contribution is -0.138. The third-order valence-electron chi connectivity index (χ3n) is 6.36. The monoisotopic (exact) mass is 574 g/mol. The number of halogens is 1. The van der Waals surface area contributed by atoms with Gasteiger partial charge in [0.25, 0.3) is 5.56 Å². The van der Waals surface area contributed by atoms with E-state index in [1.807, 2.05) is 55.5 Å². The number of methoxy groups -OCH3 is 1. The molecule has 3 aromatic carbocycles. The highest BCUT2D eigenvalue weighted by atomic mass is 35.5. The van der Waals surface area contributed by atoms with Crippen LogP contribution in [0.4, 0.5) is 0 Å². The van der Waals surface area contributed by atoms with Crippen molar-refractivity contribution >= 4 is 40.7 Å². The smallest absolute Gasteiger partial charge is 0.338 e. The van der Waals surface area contributed by atoms with Gasteiger partial charge in [-0.2, -0.15) is 0 Å². The van der Waals surface area contributed by atoms with Gasteiger partial charge in [0.1, 0.15) is 11.5 Å². The summed E-state index contributed by atoms with van der Waals surface area (Å²) in [7, 11) is 1.59. The number of esters is 1. The highest BCUT2D eigenvalue weighted by Gasteiger charge is 2.35. The highest BCUT2D eigenvalue weighted by Crippen LogP contribution is 2.35. The molecular formula is C31H27ClN2O5S. The largest absolute Gasteiger partial charge is 0.497 e. The minimum atomic E-state index is -0.762. The van der Waals surface area contributed by atoms with Crippen LogP contribution in [-0.2, 0) is 9.53 Å². The maximum Gasteiger partial charge on any atom is 0.338 e. The Kier molecular flexibility index (Phi) is 8.19. The molecule has 7 nitrogen and oxygen atoms in total. The van der Waals surface area contributed by atoms with Crippen molar-refractivity contribution < 1.29 is 19.0 Å². The van der Waals surface area contributed by atoms with Gasteiger partial charge in [-0.3, -0.25) is 9.36 Å². The Morgan fingerprint density at radius 3 is 2.45 bits per heavy atom. The minimum absolute atomic E-state index is 0.183. The summed E-state index contributed by atoms with van der Waals surface area (Å²) in [6, 6.07) is 21.4. The van der Waals surface area contributed by atoms with E-state index in [2.05, 4.69) is 0 Å². The standard InChI is InChI=1S/C31H27ClN2O5S/c1-4-38-24-16-11-19(17-23(24)32)18-25-29(35)34-28(21-12-14-22(37-3)15-13-21)26(30(36)39-5-2)27(33-31(34)40-25)20-9-7-6-8-10-20/h6-18,28H,4-5H2,1-3H3/b25-18-/t28-/m0/s1. The number of hydrogen-bond donors (Lipinski definition) is 0. The van der Waals surface area contributed by atoms with Gasteiger partial charge < -0.3 is 14.2 Å². The van der Waals surface area contributed by atoms with Crippen LogP contribution in [-0.4, -0.2) is 30.9 Å². The van der Waals surface area contributed by atoms with Crippen LogP contribution in [0.25, 0.3) is 11.8 Å². The number of hydrogen-bond acceptors (Lipinski definition) is 7. The minimum Gasteiger partial charge on any atom is -0.497 e. The Balaban J connectivity index is 1.77. The molecule has 0 unspecified atom stereocenters. The molecule has 1 aliphatic rings. The molecule has 0 radical (unpaired) electrons. The van der Waals surface area contributed by atoms with E-state index in [-0.39, 0.29) is 12.2 Å². The number of benzene rings is 3. The lowest BCUT2D eigenvalue weighted by atomic mass is 9.93. The summed E-state index contributed by atoms with van der Waals surface area (Å²) in [5, 5.41) is 0.454. The van der Waals surface area contributed by atoms with Crippen molar-refractivity contribution in [1.29, 1.82) is 0 Å². The highest BCUT2D eigenvalue weighted by molar-refractivity contribution is 7.07. The molecular weight excluding hydrogens is 548 g/mol. The summed E-state index contributed by atoms with van der Waals surface area (Å²) in [6.45, 7) is 4.32. The van der Waals surface area contributed by atoms with E-state index in [1.165, 1.54) is 11.3 Å². The lowest BCUT2D eigenvalue weighted by Crippen LogP contribution is -2.40. The van der Waals surface area contributed by atoms with Crippen LogP contribution in [0.2, 0.25) is 5.02 Å². The average Bonchev–Trinajstić information content (AvgIpc) is 3.28. The van der Waals surface area contributed by atoms with Crippen LogP contribution in [0.5, 0.6) is 11.5 Å². The van der Waals surface area contributed by atoms with E-state index in [0.29, 0.717) is 43.7 Å². The molecule has 204 valence electrons. The summed E-state index contributed by atoms with van der Waals surface area (Å²) in [6.07, 6.45) is 1.77. The first kappa shape index (κ1) is 27.4. The molecule has 1 aromatic heterocycles. The Bertz CT molecular complexity index is 1760. The number of fused-ring (bicyclic) bond motifs is 1. The molecule has 0 aliphatic carbocycles. The van der Waals surface area contributed by atoms with E-state index in [4.69, 9.17) is 30.8 Å². The van der Waals surface area contributed by atoms with E-state index in [1.54, 1.807) is 48.9 Å². The third kappa shape index (κ3) is 5.33.